The van der Waals surface area contributed by atoms with Crippen LogP contribution in [0.5, 0.6) is 0 Å². The van der Waals surface area contributed by atoms with Crippen LogP contribution in [0.15, 0.2) is 36.4 Å². The highest BCUT2D eigenvalue weighted by molar-refractivity contribution is 7.92. The van der Waals surface area contributed by atoms with Crippen LogP contribution in [0.4, 0.5) is 27.6 Å². The first-order chi connectivity index (χ1) is 15.7. The molecule has 0 saturated carbocycles. The molecule has 2 aromatic carbocycles. The lowest BCUT2D eigenvalue weighted by molar-refractivity contribution is -0.137. The van der Waals surface area contributed by atoms with E-state index in [1.165, 1.54) is 12.1 Å². The van der Waals surface area contributed by atoms with E-state index in [0.717, 1.165) is 36.6 Å². The standard InChI is InChI=1S/C23H25F5N2O3S/c1-4-6-15-11-17(23(26,27)28)9-7-14(15)8-10-21(31)29-20(5-2)16-12-18(24)22(19(25)13-16)30-34(3,32)33/h7-13,20,30H,4-6H2,1-3H3,(H,29,31)/t20-/m1/s1. The molecule has 0 saturated heterocycles. The summed E-state index contributed by atoms with van der Waals surface area (Å²) in [5.41, 5.74) is -0.628. The predicted molar refractivity (Wildman–Crippen MR) is 120 cm³/mol. The van der Waals surface area contributed by atoms with Crippen LogP contribution in [-0.4, -0.2) is 20.6 Å². The largest absolute Gasteiger partial charge is 0.416 e. The van der Waals surface area contributed by atoms with Crippen molar-refractivity contribution in [2.75, 3.05) is 11.0 Å². The second kappa shape index (κ2) is 11.0. The van der Waals surface area contributed by atoms with E-state index in [-0.39, 0.29) is 12.0 Å². The summed E-state index contributed by atoms with van der Waals surface area (Å²) < 4.78 is 91.9. The first kappa shape index (κ1) is 27.3. The van der Waals surface area contributed by atoms with Crippen LogP contribution in [0, 0.1) is 11.6 Å². The fourth-order valence-electron chi connectivity index (χ4n) is 3.31. The van der Waals surface area contributed by atoms with Crippen LogP contribution in [-0.2, 0) is 27.4 Å². The molecule has 2 aromatic rings. The number of benzene rings is 2. The zero-order valence-electron chi connectivity index (χ0n) is 18.8. The summed E-state index contributed by atoms with van der Waals surface area (Å²) in [6, 6.07) is 4.31. The van der Waals surface area contributed by atoms with Gasteiger partial charge in [-0.1, -0.05) is 26.3 Å². The zero-order chi connectivity index (χ0) is 25.7. The SMILES string of the molecule is CCCc1cc(C(F)(F)F)ccc1C=CC(=O)N[C@H](CC)c1cc(F)c(NS(C)(=O)=O)c(F)c1. The molecule has 186 valence electrons. The van der Waals surface area contributed by atoms with Gasteiger partial charge in [0.25, 0.3) is 0 Å². The van der Waals surface area contributed by atoms with Gasteiger partial charge in [0.2, 0.25) is 15.9 Å². The zero-order valence-corrected chi connectivity index (χ0v) is 19.6. The molecule has 0 unspecified atom stereocenters. The van der Waals surface area contributed by atoms with Crippen LogP contribution in [0.2, 0.25) is 0 Å². The lowest BCUT2D eigenvalue weighted by Crippen LogP contribution is -2.26. The highest BCUT2D eigenvalue weighted by Gasteiger charge is 2.30. The lowest BCUT2D eigenvalue weighted by atomic mass is 9.99. The molecule has 1 amide bonds. The van der Waals surface area contributed by atoms with Gasteiger partial charge < -0.3 is 5.32 Å². The van der Waals surface area contributed by atoms with Gasteiger partial charge in [-0.05, 0) is 59.9 Å². The third-order valence-corrected chi connectivity index (χ3v) is 5.46. The summed E-state index contributed by atoms with van der Waals surface area (Å²) in [7, 11) is -3.90. The minimum Gasteiger partial charge on any atom is -0.346 e. The van der Waals surface area contributed by atoms with Crippen molar-refractivity contribution in [3.8, 4) is 0 Å². The third-order valence-electron chi connectivity index (χ3n) is 4.88. The first-order valence-electron chi connectivity index (χ1n) is 10.4. The number of carbonyl (C=O) groups excluding carboxylic acids is 1. The molecule has 5 nitrogen and oxygen atoms in total. The monoisotopic (exact) mass is 504 g/mol. The van der Waals surface area contributed by atoms with Crippen molar-refractivity contribution in [2.24, 2.45) is 0 Å². The average Bonchev–Trinajstić information content (AvgIpc) is 2.72. The van der Waals surface area contributed by atoms with E-state index in [4.69, 9.17) is 0 Å². The van der Waals surface area contributed by atoms with Gasteiger partial charge in [-0.2, -0.15) is 13.2 Å². The van der Waals surface area contributed by atoms with Crippen molar-refractivity contribution in [3.63, 3.8) is 0 Å². The Labute approximate surface area is 195 Å². The molecule has 34 heavy (non-hydrogen) atoms. The number of hydrogen-bond acceptors (Lipinski definition) is 3. The van der Waals surface area contributed by atoms with E-state index in [1.807, 2.05) is 6.92 Å². The van der Waals surface area contributed by atoms with Crippen molar-refractivity contribution in [1.29, 1.82) is 0 Å². The molecule has 0 aliphatic heterocycles. The number of anilines is 1. The molecular weight excluding hydrogens is 479 g/mol. The van der Waals surface area contributed by atoms with Gasteiger partial charge in [-0.15, -0.1) is 0 Å². The van der Waals surface area contributed by atoms with Crippen LogP contribution >= 0.6 is 0 Å². The smallest absolute Gasteiger partial charge is 0.346 e. The number of nitrogens with one attached hydrogen (secondary N) is 2. The molecule has 0 bridgehead atoms. The minimum absolute atomic E-state index is 0.0829. The number of amides is 1. The summed E-state index contributed by atoms with van der Waals surface area (Å²) in [6.45, 7) is 3.49. The van der Waals surface area contributed by atoms with Crippen molar-refractivity contribution < 1.29 is 35.2 Å². The quantitative estimate of drug-likeness (QED) is 0.345. The summed E-state index contributed by atoms with van der Waals surface area (Å²) in [5, 5.41) is 2.58. The Kier molecular flexibility index (Phi) is 8.82. The molecule has 0 aromatic heterocycles. The van der Waals surface area contributed by atoms with E-state index in [9.17, 15) is 35.2 Å². The summed E-state index contributed by atoms with van der Waals surface area (Å²) >= 11 is 0. The maximum atomic E-state index is 14.3. The highest BCUT2D eigenvalue weighted by atomic mass is 32.2. The van der Waals surface area contributed by atoms with E-state index < -0.39 is 51.0 Å². The maximum absolute atomic E-state index is 14.3. The van der Waals surface area contributed by atoms with Gasteiger partial charge in [-0.3, -0.25) is 9.52 Å². The van der Waals surface area contributed by atoms with E-state index in [1.54, 1.807) is 11.6 Å². The fraction of sp³-hybridized carbons (Fsp3) is 0.348. The normalized spacial score (nSPS) is 13.2. The molecule has 0 aliphatic rings. The van der Waals surface area contributed by atoms with Crippen molar-refractivity contribution in [1.82, 2.24) is 5.32 Å². The Morgan fingerprint density at radius 1 is 1.09 bits per heavy atom. The van der Waals surface area contributed by atoms with Crippen LogP contribution in [0.1, 0.15) is 55.0 Å². The second-order valence-electron chi connectivity index (χ2n) is 7.70. The molecule has 0 fully saturated rings. The van der Waals surface area contributed by atoms with Gasteiger partial charge in [0.05, 0.1) is 17.9 Å². The summed E-state index contributed by atoms with van der Waals surface area (Å²) in [5.74, 6) is -2.90. The number of aryl methyl sites for hydroxylation is 1. The number of alkyl halides is 3. The Morgan fingerprint density at radius 2 is 1.71 bits per heavy atom. The fourth-order valence-corrected chi connectivity index (χ4v) is 3.88. The van der Waals surface area contributed by atoms with Gasteiger partial charge in [0.1, 0.15) is 5.69 Å². The van der Waals surface area contributed by atoms with E-state index in [2.05, 4.69) is 5.32 Å². The third kappa shape index (κ3) is 7.54. The topological polar surface area (TPSA) is 75.3 Å². The molecule has 0 aliphatic carbocycles. The molecular formula is C23H25F5N2O3S. The van der Waals surface area contributed by atoms with E-state index in [0.29, 0.717) is 24.0 Å². The summed E-state index contributed by atoms with van der Waals surface area (Å²) in [6.07, 6.45) is 0.0445. The molecule has 11 heteroatoms. The molecule has 1 atom stereocenters. The minimum atomic E-state index is -4.48. The second-order valence-corrected chi connectivity index (χ2v) is 9.45. The number of carbonyl (C=O) groups is 1. The predicted octanol–water partition coefficient (Wildman–Crippen LogP) is 5.59. The van der Waals surface area contributed by atoms with Gasteiger partial charge in [0.15, 0.2) is 11.6 Å². The number of sulfonamides is 1. The Hall–Kier alpha value is -2.95. The number of hydrogen-bond donors (Lipinski definition) is 2. The first-order valence-corrected chi connectivity index (χ1v) is 12.3. The van der Waals surface area contributed by atoms with Crippen molar-refractivity contribution >= 4 is 27.7 Å². The van der Waals surface area contributed by atoms with Crippen LogP contribution in [0.3, 0.4) is 0 Å². The highest BCUT2D eigenvalue weighted by Crippen LogP contribution is 2.31. The average molecular weight is 505 g/mol. The Morgan fingerprint density at radius 3 is 2.21 bits per heavy atom. The Balaban J connectivity index is 2.23. The van der Waals surface area contributed by atoms with Crippen LogP contribution in [0.25, 0.3) is 6.08 Å². The Bertz CT molecular complexity index is 1150. The molecule has 2 N–H and O–H groups in total. The van der Waals surface area contributed by atoms with E-state index >= 15 is 0 Å². The van der Waals surface area contributed by atoms with Gasteiger partial charge in [-0.25, -0.2) is 17.2 Å². The number of rotatable bonds is 9. The molecule has 0 spiro atoms. The maximum Gasteiger partial charge on any atom is 0.416 e. The molecule has 2 rings (SSSR count). The molecule has 0 radical (unpaired) electrons. The number of halogens is 5. The van der Waals surface area contributed by atoms with Crippen molar-refractivity contribution in [2.45, 2.75) is 45.3 Å². The summed E-state index contributed by atoms with van der Waals surface area (Å²) in [4.78, 5) is 12.4. The van der Waals surface area contributed by atoms with Gasteiger partial charge in [0, 0.05) is 6.08 Å². The lowest BCUT2D eigenvalue weighted by Gasteiger charge is -2.18. The van der Waals surface area contributed by atoms with Gasteiger partial charge >= 0.3 is 6.18 Å². The molecule has 0 heterocycles. The van der Waals surface area contributed by atoms with Crippen molar-refractivity contribution in [3.05, 3.63) is 70.3 Å². The van der Waals surface area contributed by atoms with Crippen LogP contribution < -0.4 is 10.0 Å².